The molecular weight excluding hydrogens is 338 g/mol. The fourth-order valence-electron chi connectivity index (χ4n) is 1.89. The monoisotopic (exact) mass is 353 g/mol. The average Bonchev–Trinajstić information content (AvgIpc) is 2.43. The van der Waals surface area contributed by atoms with Crippen LogP contribution < -0.4 is 5.32 Å². The van der Waals surface area contributed by atoms with Gasteiger partial charge in [0.25, 0.3) is 5.91 Å². The number of halogens is 2. The van der Waals surface area contributed by atoms with Crippen LogP contribution in [0.3, 0.4) is 0 Å². The van der Waals surface area contributed by atoms with Crippen molar-refractivity contribution in [3.63, 3.8) is 0 Å². The van der Waals surface area contributed by atoms with Gasteiger partial charge in [-0.2, -0.15) is 0 Å². The highest BCUT2D eigenvalue weighted by molar-refractivity contribution is 9.10. The van der Waals surface area contributed by atoms with Crippen molar-refractivity contribution < 1.29 is 4.79 Å². The Morgan fingerprint density at radius 1 is 1.20 bits per heavy atom. The van der Waals surface area contributed by atoms with Crippen LogP contribution >= 0.6 is 27.5 Å². The number of rotatable bonds is 4. The lowest BCUT2D eigenvalue weighted by molar-refractivity contribution is 0.0952. The van der Waals surface area contributed by atoms with E-state index < -0.39 is 0 Å². The zero-order chi connectivity index (χ0) is 14.7. The Balaban J connectivity index is 2.12. The molecule has 1 N–H and O–H groups in total. The molecule has 0 radical (unpaired) electrons. The Morgan fingerprint density at radius 2 is 1.85 bits per heavy atom. The molecule has 0 aliphatic rings. The maximum absolute atomic E-state index is 12.1. The molecule has 0 spiro atoms. The molecule has 2 aromatic rings. The lowest BCUT2D eigenvalue weighted by Gasteiger charge is -2.14. The van der Waals surface area contributed by atoms with Crippen molar-refractivity contribution in [3.05, 3.63) is 46.4 Å². The molecule has 0 fully saturated rings. The summed E-state index contributed by atoms with van der Waals surface area (Å²) in [4.78, 5) is 12.1. The minimum atomic E-state index is -0.0823. The van der Waals surface area contributed by atoms with Gasteiger partial charge in [-0.15, -0.1) is 11.6 Å². The summed E-state index contributed by atoms with van der Waals surface area (Å²) in [6, 6.07) is 11.7. The van der Waals surface area contributed by atoms with Gasteiger partial charge in [-0.05, 0) is 41.0 Å². The fourth-order valence-corrected chi connectivity index (χ4v) is 2.34. The van der Waals surface area contributed by atoms with Gasteiger partial charge in [0, 0.05) is 16.6 Å². The first kappa shape index (κ1) is 15.3. The van der Waals surface area contributed by atoms with Crippen LogP contribution in [0.4, 0.5) is 0 Å². The Morgan fingerprint density at radius 3 is 2.55 bits per heavy atom. The van der Waals surface area contributed by atoms with Crippen LogP contribution in [0.15, 0.2) is 40.9 Å². The first-order valence-electron chi connectivity index (χ1n) is 6.59. The predicted molar refractivity (Wildman–Crippen MR) is 88.5 cm³/mol. The van der Waals surface area contributed by atoms with Gasteiger partial charge in [0.05, 0.1) is 5.38 Å². The number of benzene rings is 2. The molecule has 0 bridgehead atoms. The molecule has 2 aromatic carbocycles. The number of fused-ring (bicyclic) bond motifs is 1. The summed E-state index contributed by atoms with van der Waals surface area (Å²) in [5.74, 6) is 0.257. The standard InChI is InChI=1S/C16H17BrClNO/c1-10(2)15(18)9-19-16(20)13-4-3-12-8-14(17)6-5-11(12)7-13/h3-8,10,15H,9H2,1-2H3,(H,19,20). The van der Waals surface area contributed by atoms with E-state index in [0.717, 1.165) is 15.2 Å². The third-order valence-corrected chi connectivity index (χ3v) is 4.40. The van der Waals surface area contributed by atoms with Crippen LogP contribution in [-0.4, -0.2) is 17.8 Å². The zero-order valence-corrected chi connectivity index (χ0v) is 13.8. The first-order chi connectivity index (χ1) is 9.47. The van der Waals surface area contributed by atoms with E-state index in [-0.39, 0.29) is 11.3 Å². The van der Waals surface area contributed by atoms with Crippen molar-refractivity contribution >= 4 is 44.2 Å². The lowest BCUT2D eigenvalue weighted by Crippen LogP contribution is -2.31. The van der Waals surface area contributed by atoms with Gasteiger partial charge < -0.3 is 5.32 Å². The molecule has 0 aliphatic heterocycles. The average molecular weight is 355 g/mol. The number of hydrogen-bond donors (Lipinski definition) is 1. The van der Waals surface area contributed by atoms with Crippen molar-refractivity contribution in [1.29, 1.82) is 0 Å². The fraction of sp³-hybridized carbons (Fsp3) is 0.312. The molecule has 0 saturated heterocycles. The first-order valence-corrected chi connectivity index (χ1v) is 7.82. The highest BCUT2D eigenvalue weighted by Gasteiger charge is 2.12. The van der Waals surface area contributed by atoms with Crippen LogP contribution in [-0.2, 0) is 0 Å². The summed E-state index contributed by atoms with van der Waals surface area (Å²) in [5, 5.41) is 4.98. The molecule has 0 aromatic heterocycles. The Kier molecular flexibility index (Phi) is 5.06. The largest absolute Gasteiger partial charge is 0.351 e. The van der Waals surface area contributed by atoms with Crippen LogP contribution in [0, 0.1) is 5.92 Å². The van der Waals surface area contributed by atoms with Crippen molar-refractivity contribution in [2.24, 2.45) is 5.92 Å². The van der Waals surface area contributed by atoms with Gasteiger partial charge in [0.1, 0.15) is 0 Å². The van der Waals surface area contributed by atoms with Gasteiger partial charge in [-0.25, -0.2) is 0 Å². The van der Waals surface area contributed by atoms with Gasteiger partial charge in [-0.3, -0.25) is 4.79 Å². The smallest absolute Gasteiger partial charge is 0.251 e. The van der Waals surface area contributed by atoms with Gasteiger partial charge >= 0.3 is 0 Å². The second kappa shape index (κ2) is 6.59. The molecule has 0 heterocycles. The molecule has 106 valence electrons. The molecule has 4 heteroatoms. The van der Waals surface area contributed by atoms with Crippen molar-refractivity contribution in [2.75, 3.05) is 6.54 Å². The Labute approximate surface area is 132 Å². The summed E-state index contributed by atoms with van der Waals surface area (Å²) in [6.45, 7) is 4.56. The van der Waals surface area contributed by atoms with Crippen molar-refractivity contribution in [1.82, 2.24) is 5.32 Å². The summed E-state index contributed by atoms with van der Waals surface area (Å²) in [6.07, 6.45) is 0. The van der Waals surface area contributed by atoms with E-state index >= 15 is 0 Å². The van der Waals surface area contributed by atoms with Gasteiger partial charge in [0.15, 0.2) is 0 Å². The normalized spacial score (nSPS) is 12.7. The molecule has 20 heavy (non-hydrogen) atoms. The topological polar surface area (TPSA) is 29.1 Å². The molecule has 0 aliphatic carbocycles. The lowest BCUT2D eigenvalue weighted by atomic mass is 10.1. The van der Waals surface area contributed by atoms with E-state index in [0.29, 0.717) is 18.0 Å². The highest BCUT2D eigenvalue weighted by atomic mass is 79.9. The van der Waals surface area contributed by atoms with E-state index in [1.165, 1.54) is 0 Å². The van der Waals surface area contributed by atoms with E-state index in [1.54, 1.807) is 0 Å². The minimum Gasteiger partial charge on any atom is -0.351 e. The summed E-state index contributed by atoms with van der Waals surface area (Å²) in [5.41, 5.74) is 0.660. The minimum absolute atomic E-state index is 0.0460. The van der Waals surface area contributed by atoms with Crippen LogP contribution in [0.2, 0.25) is 0 Å². The molecule has 1 unspecified atom stereocenters. The summed E-state index contributed by atoms with van der Waals surface area (Å²) in [7, 11) is 0. The number of hydrogen-bond acceptors (Lipinski definition) is 1. The van der Waals surface area contributed by atoms with E-state index in [2.05, 4.69) is 21.2 Å². The second-order valence-electron chi connectivity index (χ2n) is 5.18. The second-order valence-corrected chi connectivity index (χ2v) is 6.65. The van der Waals surface area contributed by atoms with Crippen molar-refractivity contribution in [2.45, 2.75) is 19.2 Å². The van der Waals surface area contributed by atoms with E-state index in [9.17, 15) is 4.79 Å². The van der Waals surface area contributed by atoms with Crippen molar-refractivity contribution in [3.8, 4) is 0 Å². The van der Waals surface area contributed by atoms with E-state index in [4.69, 9.17) is 11.6 Å². The van der Waals surface area contributed by atoms with Gasteiger partial charge in [0.2, 0.25) is 0 Å². The predicted octanol–water partition coefficient (Wildman–Crippen LogP) is 4.60. The van der Waals surface area contributed by atoms with Gasteiger partial charge in [-0.1, -0.05) is 41.9 Å². The molecular formula is C16H17BrClNO. The van der Waals surface area contributed by atoms with E-state index in [1.807, 2.05) is 50.2 Å². The SMILES string of the molecule is CC(C)C(Cl)CNC(=O)c1ccc2cc(Br)ccc2c1. The number of nitrogens with one attached hydrogen (secondary N) is 1. The Bertz CT molecular complexity index is 627. The van der Waals surface area contributed by atoms with Crippen LogP contribution in [0.5, 0.6) is 0 Å². The number of carbonyl (C=O) groups excluding carboxylic acids is 1. The molecule has 1 amide bonds. The summed E-state index contributed by atoms with van der Waals surface area (Å²) >= 11 is 9.58. The van der Waals surface area contributed by atoms with Crippen LogP contribution in [0.1, 0.15) is 24.2 Å². The highest BCUT2D eigenvalue weighted by Crippen LogP contribution is 2.21. The van der Waals surface area contributed by atoms with Crippen LogP contribution in [0.25, 0.3) is 10.8 Å². The molecule has 0 saturated carbocycles. The zero-order valence-electron chi connectivity index (χ0n) is 11.5. The maximum atomic E-state index is 12.1. The number of alkyl halides is 1. The summed E-state index contributed by atoms with van der Waals surface area (Å²) < 4.78 is 1.03. The number of carbonyl (C=O) groups is 1. The quantitative estimate of drug-likeness (QED) is 0.799. The maximum Gasteiger partial charge on any atom is 0.251 e. The Hall–Kier alpha value is -1.06. The third kappa shape index (κ3) is 3.74. The number of amides is 1. The molecule has 2 rings (SSSR count). The third-order valence-electron chi connectivity index (χ3n) is 3.25. The molecule has 2 nitrogen and oxygen atoms in total. The molecule has 1 atom stereocenters.